The Morgan fingerprint density at radius 2 is 1.78 bits per heavy atom. The summed E-state index contributed by atoms with van der Waals surface area (Å²) in [5.41, 5.74) is 0.999. The number of ether oxygens (including phenoxy) is 1. The lowest BCUT2D eigenvalue weighted by molar-refractivity contribution is 0.0526. The van der Waals surface area contributed by atoms with Crippen molar-refractivity contribution in [3.8, 4) is 5.69 Å². The zero-order valence-corrected chi connectivity index (χ0v) is 11.2. The van der Waals surface area contributed by atoms with Gasteiger partial charge in [-0.15, -0.1) is 0 Å². The number of esters is 1. The number of rotatable bonds is 3. The maximum Gasteiger partial charge on any atom is 0.338 e. The van der Waals surface area contributed by atoms with Crippen LogP contribution in [-0.4, -0.2) is 17.1 Å². The van der Waals surface area contributed by atoms with Gasteiger partial charge in [-0.2, -0.15) is 0 Å². The summed E-state index contributed by atoms with van der Waals surface area (Å²) in [7, 11) is 0. The Labute approximate surface area is 115 Å². The van der Waals surface area contributed by atoms with Crippen LogP contribution in [0.5, 0.6) is 0 Å². The largest absolute Gasteiger partial charge is 0.462 e. The molecule has 0 saturated heterocycles. The summed E-state index contributed by atoms with van der Waals surface area (Å²) >= 11 is 12.3. The first-order valence-corrected chi connectivity index (χ1v) is 6.18. The number of hydrogen-bond acceptors (Lipinski definition) is 2. The number of hydrogen-bond donors (Lipinski definition) is 0. The molecule has 0 saturated carbocycles. The molecule has 0 radical (unpaired) electrons. The predicted octanol–water partition coefficient (Wildman–Crippen LogP) is 3.96. The lowest BCUT2D eigenvalue weighted by atomic mass is 10.2. The van der Waals surface area contributed by atoms with E-state index in [1.165, 1.54) is 0 Å². The summed E-state index contributed by atoms with van der Waals surface area (Å²) in [5.74, 6) is -0.430. The van der Waals surface area contributed by atoms with Crippen LogP contribution >= 0.6 is 23.2 Å². The third-order valence-corrected chi connectivity index (χ3v) is 2.97. The normalized spacial score (nSPS) is 10.4. The molecule has 1 aromatic carbocycles. The van der Waals surface area contributed by atoms with Gasteiger partial charge < -0.3 is 9.30 Å². The molecule has 0 atom stereocenters. The van der Waals surface area contributed by atoms with E-state index in [2.05, 4.69) is 0 Å². The van der Waals surface area contributed by atoms with Gasteiger partial charge in [-0.1, -0.05) is 23.2 Å². The van der Waals surface area contributed by atoms with Crippen molar-refractivity contribution in [2.45, 2.75) is 6.92 Å². The first-order chi connectivity index (χ1) is 8.63. The Bertz CT molecular complexity index is 541. The molecule has 5 heteroatoms. The van der Waals surface area contributed by atoms with Crippen LogP contribution in [-0.2, 0) is 4.74 Å². The molecule has 94 valence electrons. The Balaban J connectivity index is 2.45. The van der Waals surface area contributed by atoms with Gasteiger partial charge in [0.05, 0.1) is 27.9 Å². The van der Waals surface area contributed by atoms with Crippen molar-refractivity contribution in [3.63, 3.8) is 0 Å². The average molecular weight is 284 g/mol. The summed E-state index contributed by atoms with van der Waals surface area (Å²) in [5, 5.41) is 0.809. The Kier molecular flexibility index (Phi) is 3.94. The lowest BCUT2D eigenvalue weighted by Gasteiger charge is -2.10. The number of carbonyl (C=O) groups excluding carboxylic acids is 1. The minimum absolute atomic E-state index is 0.313. The molecule has 2 aromatic rings. The summed E-state index contributed by atoms with van der Waals surface area (Å²) in [4.78, 5) is 11.6. The second-order valence-corrected chi connectivity index (χ2v) is 4.41. The Morgan fingerprint density at radius 1 is 1.22 bits per heavy atom. The van der Waals surface area contributed by atoms with Crippen LogP contribution in [0.1, 0.15) is 17.3 Å². The smallest absolute Gasteiger partial charge is 0.338 e. The van der Waals surface area contributed by atoms with E-state index < -0.39 is 5.97 Å². The van der Waals surface area contributed by atoms with Crippen LogP contribution in [0.4, 0.5) is 0 Å². The fourth-order valence-electron chi connectivity index (χ4n) is 1.63. The molecule has 18 heavy (non-hydrogen) atoms. The zero-order valence-electron chi connectivity index (χ0n) is 9.69. The number of benzene rings is 1. The average Bonchev–Trinajstić information content (AvgIpc) is 2.82. The predicted molar refractivity (Wildman–Crippen MR) is 71.7 cm³/mol. The van der Waals surface area contributed by atoms with Crippen LogP contribution in [0.15, 0.2) is 36.7 Å². The van der Waals surface area contributed by atoms with E-state index in [0.29, 0.717) is 27.9 Å². The van der Waals surface area contributed by atoms with Gasteiger partial charge in [0, 0.05) is 12.4 Å². The van der Waals surface area contributed by atoms with Crippen LogP contribution in [0.3, 0.4) is 0 Å². The molecule has 0 aliphatic carbocycles. The number of aromatic nitrogens is 1. The molecule has 0 fully saturated rings. The fourth-order valence-corrected chi connectivity index (χ4v) is 2.31. The van der Waals surface area contributed by atoms with E-state index in [9.17, 15) is 4.79 Å². The molecule has 1 aromatic heterocycles. The minimum atomic E-state index is -0.430. The number of halogens is 2. The van der Waals surface area contributed by atoms with E-state index in [1.807, 2.05) is 24.5 Å². The van der Waals surface area contributed by atoms with Crippen molar-refractivity contribution in [2.75, 3.05) is 6.61 Å². The van der Waals surface area contributed by atoms with Crippen LogP contribution in [0.2, 0.25) is 10.0 Å². The van der Waals surface area contributed by atoms with Crippen molar-refractivity contribution in [2.24, 2.45) is 0 Å². The number of carbonyl (C=O) groups is 1. The van der Waals surface area contributed by atoms with Gasteiger partial charge >= 0.3 is 5.97 Å². The van der Waals surface area contributed by atoms with Crippen LogP contribution in [0, 0.1) is 0 Å². The van der Waals surface area contributed by atoms with Gasteiger partial charge in [-0.3, -0.25) is 0 Å². The van der Waals surface area contributed by atoms with Crippen molar-refractivity contribution in [3.05, 3.63) is 52.3 Å². The second-order valence-electron chi connectivity index (χ2n) is 3.60. The number of nitrogens with zero attached hydrogens (tertiary/aromatic N) is 1. The highest BCUT2D eigenvalue weighted by Crippen LogP contribution is 2.30. The Hall–Kier alpha value is -1.45. The third kappa shape index (κ3) is 2.52. The first-order valence-electron chi connectivity index (χ1n) is 5.43. The van der Waals surface area contributed by atoms with E-state index in [4.69, 9.17) is 27.9 Å². The molecule has 0 bridgehead atoms. The highest BCUT2D eigenvalue weighted by Gasteiger charge is 2.14. The molecule has 0 N–H and O–H groups in total. The first kappa shape index (κ1) is 13.0. The van der Waals surface area contributed by atoms with Crippen molar-refractivity contribution < 1.29 is 9.53 Å². The zero-order chi connectivity index (χ0) is 13.1. The van der Waals surface area contributed by atoms with E-state index in [-0.39, 0.29) is 0 Å². The lowest BCUT2D eigenvalue weighted by Crippen LogP contribution is -2.05. The van der Waals surface area contributed by atoms with Gasteiger partial charge in [-0.05, 0) is 31.2 Å². The highest BCUT2D eigenvalue weighted by atomic mass is 35.5. The van der Waals surface area contributed by atoms with Crippen molar-refractivity contribution in [1.82, 2.24) is 4.57 Å². The molecule has 3 nitrogen and oxygen atoms in total. The topological polar surface area (TPSA) is 31.2 Å². The van der Waals surface area contributed by atoms with E-state index in [1.54, 1.807) is 23.6 Å². The molecule has 0 aliphatic rings. The molecular weight excluding hydrogens is 273 g/mol. The maximum absolute atomic E-state index is 11.6. The summed E-state index contributed by atoms with van der Waals surface area (Å²) in [6.07, 6.45) is 3.66. The summed E-state index contributed by atoms with van der Waals surface area (Å²) in [6, 6.07) is 6.85. The molecular formula is C13H11Cl2NO2. The Morgan fingerprint density at radius 3 is 2.28 bits per heavy atom. The molecule has 1 heterocycles. The maximum atomic E-state index is 11.6. The third-order valence-electron chi connectivity index (χ3n) is 2.39. The standard InChI is InChI=1S/C13H11Cl2NO2/c1-2-18-13(17)9-7-10(14)12(11(15)8-9)16-5-3-4-6-16/h3-8H,2H2,1H3. The molecule has 2 rings (SSSR count). The summed E-state index contributed by atoms with van der Waals surface area (Å²) in [6.45, 7) is 2.06. The van der Waals surface area contributed by atoms with Crippen molar-refractivity contribution >= 4 is 29.2 Å². The van der Waals surface area contributed by atoms with Gasteiger partial charge in [0.15, 0.2) is 0 Å². The van der Waals surface area contributed by atoms with Gasteiger partial charge in [0.2, 0.25) is 0 Å². The molecule has 0 spiro atoms. The van der Waals surface area contributed by atoms with E-state index in [0.717, 1.165) is 0 Å². The second kappa shape index (κ2) is 5.46. The molecule has 0 unspecified atom stereocenters. The van der Waals surface area contributed by atoms with Crippen LogP contribution < -0.4 is 0 Å². The van der Waals surface area contributed by atoms with Crippen LogP contribution in [0.25, 0.3) is 5.69 Å². The highest BCUT2D eigenvalue weighted by molar-refractivity contribution is 6.38. The SMILES string of the molecule is CCOC(=O)c1cc(Cl)c(-n2cccc2)c(Cl)c1. The minimum Gasteiger partial charge on any atom is -0.462 e. The molecule has 0 amide bonds. The van der Waals surface area contributed by atoms with Gasteiger partial charge in [0.1, 0.15) is 0 Å². The van der Waals surface area contributed by atoms with Crippen molar-refractivity contribution in [1.29, 1.82) is 0 Å². The van der Waals surface area contributed by atoms with Gasteiger partial charge in [0.25, 0.3) is 0 Å². The quantitative estimate of drug-likeness (QED) is 0.799. The van der Waals surface area contributed by atoms with E-state index >= 15 is 0 Å². The van der Waals surface area contributed by atoms with Gasteiger partial charge in [-0.25, -0.2) is 4.79 Å². The molecule has 0 aliphatic heterocycles. The fraction of sp³-hybridized carbons (Fsp3) is 0.154. The monoisotopic (exact) mass is 283 g/mol. The summed E-state index contributed by atoms with van der Waals surface area (Å²) < 4.78 is 6.70.